The molecule has 0 aliphatic heterocycles. The molecule has 0 N–H and O–H groups in total. The molecule has 4 nitrogen and oxygen atoms in total. The second kappa shape index (κ2) is 5.58. The molecule has 2 aliphatic carbocycles. The van der Waals surface area contributed by atoms with E-state index in [-0.39, 0.29) is 17.0 Å². The Bertz CT molecular complexity index is 769. The number of hydrogen-bond acceptors (Lipinski definition) is 3. The number of carbonyl (C=O) groups excluding carboxylic acids is 1. The Morgan fingerprint density at radius 1 is 1.29 bits per heavy atom. The molecule has 1 aromatic rings. The summed E-state index contributed by atoms with van der Waals surface area (Å²) in [5, 5.41) is 0. The number of fused-ring (bicyclic) bond motifs is 2. The molecule has 2 unspecified atom stereocenters. The van der Waals surface area contributed by atoms with Gasteiger partial charge in [-0.15, -0.1) is 0 Å². The van der Waals surface area contributed by atoms with Crippen molar-refractivity contribution in [2.24, 2.45) is 16.7 Å². The standard InChI is InChI=1S/C19H27NO3S/c1-5-20(16-8-6-7-14(2)11-16)24(22,23)13-19-10-9-15(12-17(19)21)18(19,3)4/h6-8,11,15H,5,9-10,12-13H2,1-4H3. The molecule has 0 radical (unpaired) electrons. The average Bonchev–Trinajstić information content (AvgIpc) is 2.81. The fourth-order valence-electron chi connectivity index (χ4n) is 4.82. The van der Waals surface area contributed by atoms with E-state index in [1.807, 2.05) is 38.1 Å². The van der Waals surface area contributed by atoms with Crippen LogP contribution in [0.4, 0.5) is 5.69 Å². The molecule has 2 saturated carbocycles. The van der Waals surface area contributed by atoms with E-state index in [1.165, 1.54) is 4.31 Å². The summed E-state index contributed by atoms with van der Waals surface area (Å²) >= 11 is 0. The minimum absolute atomic E-state index is 0.0654. The van der Waals surface area contributed by atoms with Crippen LogP contribution in [0.1, 0.15) is 45.6 Å². The van der Waals surface area contributed by atoms with Gasteiger partial charge in [-0.25, -0.2) is 8.42 Å². The number of benzene rings is 1. The highest BCUT2D eigenvalue weighted by Crippen LogP contribution is 2.64. The topological polar surface area (TPSA) is 54.5 Å². The Labute approximate surface area is 145 Å². The number of nitrogens with zero attached hydrogens (tertiary/aromatic N) is 1. The first-order valence-corrected chi connectivity index (χ1v) is 10.4. The van der Waals surface area contributed by atoms with Crippen LogP contribution in [0.5, 0.6) is 0 Å². The Hall–Kier alpha value is -1.36. The zero-order valence-electron chi connectivity index (χ0n) is 15.0. The first kappa shape index (κ1) is 17.5. The average molecular weight is 349 g/mol. The fraction of sp³-hybridized carbons (Fsp3) is 0.632. The lowest BCUT2D eigenvalue weighted by Crippen LogP contribution is -2.46. The highest BCUT2D eigenvalue weighted by molar-refractivity contribution is 7.92. The van der Waals surface area contributed by atoms with Crippen LogP contribution in [-0.2, 0) is 14.8 Å². The summed E-state index contributed by atoms with van der Waals surface area (Å²) in [6.07, 6.45) is 2.21. The molecule has 3 rings (SSSR count). The maximum Gasteiger partial charge on any atom is 0.236 e. The van der Waals surface area contributed by atoms with Crippen LogP contribution in [0.25, 0.3) is 0 Å². The normalized spacial score (nSPS) is 28.3. The zero-order valence-corrected chi connectivity index (χ0v) is 15.8. The second-order valence-electron chi connectivity index (χ2n) is 7.93. The van der Waals surface area contributed by atoms with Crippen molar-refractivity contribution in [3.63, 3.8) is 0 Å². The molecule has 0 saturated heterocycles. The van der Waals surface area contributed by atoms with Crippen LogP contribution in [0.2, 0.25) is 0 Å². The summed E-state index contributed by atoms with van der Waals surface area (Å²) < 4.78 is 27.9. The smallest absolute Gasteiger partial charge is 0.236 e. The van der Waals surface area contributed by atoms with E-state index in [0.717, 1.165) is 12.0 Å². The van der Waals surface area contributed by atoms with Gasteiger partial charge in [-0.1, -0.05) is 26.0 Å². The number of sulfonamides is 1. The van der Waals surface area contributed by atoms with Gasteiger partial charge in [-0.05, 0) is 55.7 Å². The van der Waals surface area contributed by atoms with Gasteiger partial charge in [0.05, 0.1) is 16.9 Å². The van der Waals surface area contributed by atoms with E-state index in [9.17, 15) is 13.2 Å². The van der Waals surface area contributed by atoms with Gasteiger partial charge in [0.2, 0.25) is 10.0 Å². The van der Waals surface area contributed by atoms with E-state index < -0.39 is 15.4 Å². The molecule has 2 aliphatic rings. The first-order chi connectivity index (χ1) is 11.1. The van der Waals surface area contributed by atoms with Crippen LogP contribution in [0.15, 0.2) is 24.3 Å². The molecule has 24 heavy (non-hydrogen) atoms. The van der Waals surface area contributed by atoms with Gasteiger partial charge < -0.3 is 0 Å². The maximum atomic E-state index is 13.2. The lowest BCUT2D eigenvalue weighted by atomic mass is 9.70. The van der Waals surface area contributed by atoms with Gasteiger partial charge in [0.1, 0.15) is 5.78 Å². The molecular weight excluding hydrogens is 322 g/mol. The van der Waals surface area contributed by atoms with Crippen LogP contribution >= 0.6 is 0 Å². The van der Waals surface area contributed by atoms with Crippen LogP contribution in [0, 0.1) is 23.7 Å². The van der Waals surface area contributed by atoms with E-state index in [4.69, 9.17) is 0 Å². The number of ketones is 1. The summed E-state index contributed by atoms with van der Waals surface area (Å²) in [5.41, 5.74) is 0.765. The van der Waals surface area contributed by atoms with E-state index in [2.05, 4.69) is 13.8 Å². The monoisotopic (exact) mass is 349 g/mol. The zero-order chi connectivity index (χ0) is 17.8. The van der Waals surface area contributed by atoms with Crippen molar-refractivity contribution in [2.75, 3.05) is 16.6 Å². The van der Waals surface area contributed by atoms with Crippen molar-refractivity contribution >= 4 is 21.5 Å². The van der Waals surface area contributed by atoms with Crippen LogP contribution in [0.3, 0.4) is 0 Å². The van der Waals surface area contributed by atoms with E-state index >= 15 is 0 Å². The van der Waals surface area contributed by atoms with Crippen LogP contribution in [-0.4, -0.2) is 26.5 Å². The second-order valence-corrected chi connectivity index (χ2v) is 9.82. The third-order valence-electron chi connectivity index (χ3n) is 6.48. The first-order valence-electron chi connectivity index (χ1n) is 8.74. The molecule has 1 aromatic carbocycles. The third-order valence-corrected chi connectivity index (χ3v) is 8.48. The van der Waals surface area contributed by atoms with E-state index in [1.54, 1.807) is 0 Å². The lowest BCUT2D eigenvalue weighted by molar-refractivity contribution is -0.128. The maximum absolute atomic E-state index is 13.2. The lowest BCUT2D eigenvalue weighted by Gasteiger charge is -2.38. The minimum atomic E-state index is -3.56. The Morgan fingerprint density at radius 2 is 2.00 bits per heavy atom. The molecule has 2 atom stereocenters. The van der Waals surface area contributed by atoms with Crippen molar-refractivity contribution in [2.45, 2.75) is 47.0 Å². The molecule has 2 fully saturated rings. The Kier molecular flexibility index (Phi) is 4.06. The SMILES string of the molecule is CCN(c1cccc(C)c1)S(=O)(=O)CC12CCC(CC1=O)C2(C)C. The molecule has 2 bridgehead atoms. The van der Waals surface area contributed by atoms with Crippen molar-refractivity contribution in [1.29, 1.82) is 0 Å². The Morgan fingerprint density at radius 3 is 2.50 bits per heavy atom. The van der Waals surface area contributed by atoms with Crippen molar-refractivity contribution in [1.82, 2.24) is 0 Å². The molecule has 0 amide bonds. The largest absolute Gasteiger partial charge is 0.299 e. The van der Waals surface area contributed by atoms with Crippen LogP contribution < -0.4 is 4.31 Å². The van der Waals surface area contributed by atoms with Gasteiger partial charge in [-0.2, -0.15) is 0 Å². The highest BCUT2D eigenvalue weighted by atomic mass is 32.2. The Balaban J connectivity index is 1.97. The summed E-state index contributed by atoms with van der Waals surface area (Å²) in [6.45, 7) is 8.33. The fourth-order valence-corrected chi connectivity index (χ4v) is 7.10. The van der Waals surface area contributed by atoms with E-state index in [0.29, 0.717) is 31.0 Å². The molecular formula is C19H27NO3S. The number of Topliss-reactive ketones (excluding diaryl/α,β-unsaturated/α-hetero) is 1. The number of hydrogen-bond donors (Lipinski definition) is 0. The molecule has 132 valence electrons. The van der Waals surface area contributed by atoms with Gasteiger partial charge in [0, 0.05) is 13.0 Å². The molecule has 0 spiro atoms. The summed E-state index contributed by atoms with van der Waals surface area (Å²) in [5.74, 6) is 0.409. The highest BCUT2D eigenvalue weighted by Gasteiger charge is 2.65. The molecule has 0 aromatic heterocycles. The third kappa shape index (κ3) is 2.40. The number of aryl methyl sites for hydroxylation is 1. The van der Waals surface area contributed by atoms with Gasteiger partial charge >= 0.3 is 0 Å². The quantitative estimate of drug-likeness (QED) is 0.817. The van der Waals surface area contributed by atoms with Crippen molar-refractivity contribution < 1.29 is 13.2 Å². The van der Waals surface area contributed by atoms with Crippen molar-refractivity contribution in [3.8, 4) is 0 Å². The number of carbonyl (C=O) groups is 1. The number of anilines is 1. The molecule has 5 heteroatoms. The van der Waals surface area contributed by atoms with Gasteiger partial charge in [-0.3, -0.25) is 9.10 Å². The summed E-state index contributed by atoms with van der Waals surface area (Å²) in [7, 11) is -3.56. The summed E-state index contributed by atoms with van der Waals surface area (Å²) in [6, 6.07) is 7.54. The predicted molar refractivity (Wildman–Crippen MR) is 96.5 cm³/mol. The summed E-state index contributed by atoms with van der Waals surface area (Å²) in [4.78, 5) is 12.7. The van der Waals surface area contributed by atoms with Gasteiger partial charge in [0.15, 0.2) is 0 Å². The number of rotatable bonds is 5. The van der Waals surface area contributed by atoms with Gasteiger partial charge in [0.25, 0.3) is 0 Å². The molecule has 0 heterocycles. The minimum Gasteiger partial charge on any atom is -0.299 e. The van der Waals surface area contributed by atoms with Crippen molar-refractivity contribution in [3.05, 3.63) is 29.8 Å². The predicted octanol–water partition coefficient (Wildman–Crippen LogP) is 3.55.